The third-order valence-corrected chi connectivity index (χ3v) is 4.01. The number of carbonyl (C=O) groups excluding carboxylic acids is 2. The minimum Gasteiger partial charge on any atom is -0.465 e. The van der Waals surface area contributed by atoms with Gasteiger partial charge in [-0.05, 0) is 24.4 Å². The summed E-state index contributed by atoms with van der Waals surface area (Å²) in [6.45, 7) is 5.17. The van der Waals surface area contributed by atoms with Crippen molar-refractivity contribution in [2.45, 2.75) is 30.7 Å². The number of methoxy groups -OCH3 is 1. The fourth-order valence-electron chi connectivity index (χ4n) is 1.72. The molecule has 0 aromatic heterocycles. The van der Waals surface area contributed by atoms with Gasteiger partial charge < -0.3 is 20.7 Å². The number of nitrogens with one attached hydrogen (secondary N) is 3. The molecular formula is C16H20Cl3N3O3S. The summed E-state index contributed by atoms with van der Waals surface area (Å²) in [4.78, 5) is 24.0. The van der Waals surface area contributed by atoms with E-state index in [0.717, 1.165) is 0 Å². The molecule has 0 fully saturated rings. The van der Waals surface area contributed by atoms with Gasteiger partial charge in [0.15, 0.2) is 5.11 Å². The molecule has 0 aliphatic carbocycles. The van der Waals surface area contributed by atoms with Gasteiger partial charge >= 0.3 is 5.97 Å². The van der Waals surface area contributed by atoms with Crippen LogP contribution in [-0.4, -0.2) is 34.1 Å². The SMILES string of the molecule is COC(=O)c1ccccc1NC(=S)NC(NC(=O)C(C)(C)C)C(Cl)(Cl)Cl. The summed E-state index contributed by atoms with van der Waals surface area (Å²) in [6.07, 6.45) is -1.09. The van der Waals surface area contributed by atoms with E-state index in [-0.39, 0.29) is 16.6 Å². The average Bonchev–Trinajstić information content (AvgIpc) is 2.52. The van der Waals surface area contributed by atoms with Crippen LogP contribution in [0, 0.1) is 5.41 Å². The molecule has 1 aromatic rings. The topological polar surface area (TPSA) is 79.5 Å². The van der Waals surface area contributed by atoms with E-state index >= 15 is 0 Å². The van der Waals surface area contributed by atoms with Crippen molar-refractivity contribution in [1.82, 2.24) is 10.6 Å². The number of anilines is 1. The molecule has 1 atom stereocenters. The van der Waals surface area contributed by atoms with Gasteiger partial charge in [-0.3, -0.25) is 4.79 Å². The highest BCUT2D eigenvalue weighted by molar-refractivity contribution is 7.80. The van der Waals surface area contributed by atoms with E-state index in [9.17, 15) is 9.59 Å². The Labute approximate surface area is 172 Å². The van der Waals surface area contributed by atoms with Crippen molar-refractivity contribution in [1.29, 1.82) is 0 Å². The fraction of sp³-hybridized carbons (Fsp3) is 0.438. The van der Waals surface area contributed by atoms with Crippen LogP contribution in [0.15, 0.2) is 24.3 Å². The van der Waals surface area contributed by atoms with E-state index < -0.39 is 21.3 Å². The summed E-state index contributed by atoms with van der Waals surface area (Å²) in [5.74, 6) is -0.867. The Hall–Kier alpha value is -1.28. The standard InChI is InChI=1S/C16H20Cl3N3O3S/c1-15(2,3)13(24)21-12(16(17,18)19)22-14(26)20-10-8-6-5-7-9(10)11(23)25-4/h5-8,12H,1-4H3,(H,21,24)(H2,20,22,26). The molecule has 26 heavy (non-hydrogen) atoms. The number of carbonyl (C=O) groups is 2. The van der Waals surface area contributed by atoms with Gasteiger partial charge in [0.1, 0.15) is 6.17 Å². The Bertz CT molecular complexity index is 687. The van der Waals surface area contributed by atoms with Crippen molar-refractivity contribution < 1.29 is 14.3 Å². The molecular weight excluding hydrogens is 421 g/mol. The van der Waals surface area contributed by atoms with Gasteiger partial charge in [-0.15, -0.1) is 0 Å². The van der Waals surface area contributed by atoms with Crippen molar-refractivity contribution in [2.24, 2.45) is 5.41 Å². The highest BCUT2D eigenvalue weighted by Crippen LogP contribution is 2.30. The molecule has 0 heterocycles. The van der Waals surface area contributed by atoms with Gasteiger partial charge in [-0.1, -0.05) is 67.7 Å². The molecule has 0 aliphatic heterocycles. The lowest BCUT2D eigenvalue weighted by atomic mass is 9.95. The van der Waals surface area contributed by atoms with Crippen LogP contribution in [0.4, 0.5) is 5.69 Å². The minimum atomic E-state index is -1.87. The minimum absolute atomic E-state index is 0.0480. The molecule has 6 nitrogen and oxygen atoms in total. The van der Waals surface area contributed by atoms with Crippen molar-refractivity contribution in [3.63, 3.8) is 0 Å². The smallest absolute Gasteiger partial charge is 0.339 e. The molecule has 1 aromatic carbocycles. The molecule has 3 N–H and O–H groups in total. The van der Waals surface area contributed by atoms with Crippen LogP contribution in [0.5, 0.6) is 0 Å². The number of halogens is 3. The van der Waals surface area contributed by atoms with Gasteiger partial charge in [-0.25, -0.2) is 4.79 Å². The lowest BCUT2D eigenvalue weighted by Crippen LogP contribution is -2.58. The molecule has 1 rings (SSSR count). The van der Waals surface area contributed by atoms with Crippen LogP contribution in [0.3, 0.4) is 0 Å². The average molecular weight is 441 g/mol. The van der Waals surface area contributed by atoms with Gasteiger partial charge in [0.05, 0.1) is 18.4 Å². The number of hydrogen-bond acceptors (Lipinski definition) is 4. The molecule has 0 saturated carbocycles. The van der Waals surface area contributed by atoms with E-state index in [1.807, 2.05) is 0 Å². The van der Waals surface area contributed by atoms with E-state index in [1.165, 1.54) is 7.11 Å². The second kappa shape index (κ2) is 9.08. The number of rotatable bonds is 4. The first-order chi connectivity index (χ1) is 11.9. The normalized spacial score (nSPS) is 12.7. The molecule has 0 aliphatic rings. The molecule has 0 bridgehead atoms. The lowest BCUT2D eigenvalue weighted by Gasteiger charge is -2.30. The predicted octanol–water partition coefficient (Wildman–Crippen LogP) is 3.62. The van der Waals surface area contributed by atoms with Crippen molar-refractivity contribution in [3.8, 4) is 0 Å². The fourth-order valence-corrected chi connectivity index (χ4v) is 2.27. The maximum Gasteiger partial charge on any atom is 0.339 e. The molecule has 10 heteroatoms. The Kier molecular flexibility index (Phi) is 7.95. The number of esters is 1. The summed E-state index contributed by atoms with van der Waals surface area (Å²) in [7, 11) is 1.27. The molecule has 1 unspecified atom stereocenters. The molecule has 1 amide bonds. The number of benzene rings is 1. The van der Waals surface area contributed by atoms with E-state index in [2.05, 4.69) is 16.0 Å². The number of alkyl halides is 3. The first-order valence-electron chi connectivity index (χ1n) is 7.49. The predicted molar refractivity (Wildman–Crippen MR) is 109 cm³/mol. The lowest BCUT2D eigenvalue weighted by molar-refractivity contribution is -0.129. The number of ether oxygens (including phenoxy) is 1. The van der Waals surface area contributed by atoms with Crippen LogP contribution < -0.4 is 16.0 Å². The number of para-hydroxylation sites is 1. The quantitative estimate of drug-likeness (QED) is 0.287. The summed E-state index contributed by atoms with van der Waals surface area (Å²) in [5.41, 5.74) is -0.00655. The third-order valence-electron chi connectivity index (χ3n) is 3.14. The van der Waals surface area contributed by atoms with Crippen molar-refractivity contribution in [2.75, 3.05) is 12.4 Å². The van der Waals surface area contributed by atoms with E-state index in [1.54, 1.807) is 45.0 Å². The first kappa shape index (κ1) is 22.8. The van der Waals surface area contributed by atoms with Gasteiger partial charge in [0, 0.05) is 5.41 Å². The summed E-state index contributed by atoms with van der Waals surface area (Å²) in [5, 5.41) is 8.21. The van der Waals surface area contributed by atoms with Crippen molar-refractivity contribution >= 4 is 69.7 Å². The molecule has 144 valence electrons. The Morgan fingerprint density at radius 2 is 1.69 bits per heavy atom. The molecule has 0 radical (unpaired) electrons. The Balaban J connectivity index is 2.92. The monoisotopic (exact) mass is 439 g/mol. The van der Waals surface area contributed by atoms with Crippen LogP contribution in [0.2, 0.25) is 0 Å². The maximum absolute atomic E-state index is 12.2. The summed E-state index contributed by atoms with van der Waals surface area (Å²) in [6, 6.07) is 6.61. The highest BCUT2D eigenvalue weighted by Gasteiger charge is 2.37. The number of amides is 1. The van der Waals surface area contributed by atoms with Crippen LogP contribution >= 0.6 is 47.0 Å². The highest BCUT2D eigenvalue weighted by atomic mass is 35.6. The molecule has 0 saturated heterocycles. The summed E-state index contributed by atoms with van der Waals surface area (Å²) < 4.78 is 2.85. The van der Waals surface area contributed by atoms with Crippen LogP contribution in [0.1, 0.15) is 31.1 Å². The van der Waals surface area contributed by atoms with Gasteiger partial charge in [-0.2, -0.15) is 0 Å². The maximum atomic E-state index is 12.2. The van der Waals surface area contributed by atoms with Crippen LogP contribution in [0.25, 0.3) is 0 Å². The number of thiocarbonyl (C=S) groups is 1. The second-order valence-corrected chi connectivity index (χ2v) is 9.11. The zero-order valence-electron chi connectivity index (χ0n) is 14.7. The summed E-state index contributed by atoms with van der Waals surface area (Å²) >= 11 is 23.0. The zero-order valence-corrected chi connectivity index (χ0v) is 17.7. The van der Waals surface area contributed by atoms with Gasteiger partial charge in [0.25, 0.3) is 0 Å². The Morgan fingerprint density at radius 3 is 2.19 bits per heavy atom. The van der Waals surface area contributed by atoms with Gasteiger partial charge in [0.2, 0.25) is 9.70 Å². The third kappa shape index (κ3) is 6.79. The second-order valence-electron chi connectivity index (χ2n) is 6.33. The first-order valence-corrected chi connectivity index (χ1v) is 9.03. The zero-order chi connectivity index (χ0) is 20.1. The number of hydrogen-bond donors (Lipinski definition) is 3. The van der Waals surface area contributed by atoms with E-state index in [0.29, 0.717) is 5.69 Å². The van der Waals surface area contributed by atoms with Crippen molar-refractivity contribution in [3.05, 3.63) is 29.8 Å². The van der Waals surface area contributed by atoms with Crippen LogP contribution in [-0.2, 0) is 9.53 Å². The van der Waals surface area contributed by atoms with E-state index in [4.69, 9.17) is 51.8 Å². The largest absolute Gasteiger partial charge is 0.465 e. The molecule has 0 spiro atoms. The Morgan fingerprint density at radius 1 is 1.12 bits per heavy atom.